The Labute approximate surface area is 110 Å². The van der Waals surface area contributed by atoms with E-state index in [0.29, 0.717) is 19.2 Å². The minimum atomic E-state index is -0.434. The maximum Gasteiger partial charge on any atom is 0.0897 e. The highest BCUT2D eigenvalue weighted by Gasteiger charge is 2.23. The monoisotopic (exact) mass is 299 g/mol. The van der Waals surface area contributed by atoms with Gasteiger partial charge in [0.2, 0.25) is 0 Å². The molecule has 0 bridgehead atoms. The first kappa shape index (κ1) is 13.0. The molecule has 2 rings (SSSR count). The van der Waals surface area contributed by atoms with Crippen molar-refractivity contribution in [2.24, 2.45) is 0 Å². The van der Waals surface area contributed by atoms with Gasteiger partial charge in [0.15, 0.2) is 0 Å². The molecule has 94 valence electrons. The molecule has 0 aromatic heterocycles. The van der Waals surface area contributed by atoms with Gasteiger partial charge in [0, 0.05) is 24.2 Å². The van der Waals surface area contributed by atoms with E-state index in [2.05, 4.69) is 39.4 Å². The van der Waals surface area contributed by atoms with Crippen LogP contribution in [0.15, 0.2) is 22.7 Å². The third-order valence-electron chi connectivity index (χ3n) is 3.17. The van der Waals surface area contributed by atoms with Crippen LogP contribution in [0.3, 0.4) is 0 Å². The van der Waals surface area contributed by atoms with Crippen molar-refractivity contribution in [3.63, 3.8) is 0 Å². The maximum atomic E-state index is 9.62. The zero-order valence-corrected chi connectivity index (χ0v) is 11.5. The number of hydrogen-bond acceptors (Lipinski definition) is 3. The highest BCUT2D eigenvalue weighted by atomic mass is 79.9. The highest BCUT2D eigenvalue weighted by Crippen LogP contribution is 2.35. The van der Waals surface area contributed by atoms with Crippen LogP contribution in [0.25, 0.3) is 0 Å². The minimum Gasteiger partial charge on any atom is -0.389 e. The van der Waals surface area contributed by atoms with Crippen LogP contribution in [0.4, 0.5) is 0 Å². The van der Waals surface area contributed by atoms with Crippen LogP contribution in [-0.2, 0) is 11.2 Å². The molecule has 2 N–H and O–H groups in total. The topological polar surface area (TPSA) is 41.5 Å². The number of aliphatic hydroxyl groups is 1. The van der Waals surface area contributed by atoms with Gasteiger partial charge in [-0.15, -0.1) is 0 Å². The minimum absolute atomic E-state index is 0.356. The van der Waals surface area contributed by atoms with E-state index in [9.17, 15) is 5.11 Å². The molecule has 0 saturated carbocycles. The molecule has 1 aromatic rings. The summed E-state index contributed by atoms with van der Waals surface area (Å²) >= 11 is 3.58. The first-order valence-electron chi connectivity index (χ1n) is 5.90. The number of hydrogen-bond donors (Lipinski definition) is 2. The van der Waals surface area contributed by atoms with E-state index in [1.54, 1.807) is 7.11 Å². The molecule has 1 aromatic carbocycles. The molecule has 0 aliphatic heterocycles. The molecule has 1 aliphatic carbocycles. The summed E-state index contributed by atoms with van der Waals surface area (Å²) in [5, 5.41) is 13.0. The lowest BCUT2D eigenvalue weighted by Gasteiger charge is -2.17. The van der Waals surface area contributed by atoms with Crippen molar-refractivity contribution in [1.82, 2.24) is 5.32 Å². The Kier molecular flexibility index (Phi) is 4.56. The van der Waals surface area contributed by atoms with E-state index in [0.717, 1.165) is 12.8 Å². The molecule has 0 amide bonds. The molecule has 2 unspecified atom stereocenters. The molecule has 4 heteroatoms. The van der Waals surface area contributed by atoms with Crippen LogP contribution in [0.5, 0.6) is 0 Å². The standard InChI is InChI=1S/C13H18BrNO2/c1-17-8-9(16)7-15-13-6-5-10-11(13)3-2-4-12(10)14/h2-4,9,13,15-16H,5-8H2,1H3. The molecule has 1 aliphatic rings. The van der Waals surface area contributed by atoms with Gasteiger partial charge in [0.25, 0.3) is 0 Å². The average Bonchev–Trinajstić information content (AvgIpc) is 2.72. The van der Waals surface area contributed by atoms with Crippen LogP contribution in [0.1, 0.15) is 23.6 Å². The lowest BCUT2D eigenvalue weighted by Crippen LogP contribution is -2.32. The van der Waals surface area contributed by atoms with Gasteiger partial charge in [-0.2, -0.15) is 0 Å². The predicted octanol–water partition coefficient (Wildman–Crippen LogP) is 2.03. The van der Waals surface area contributed by atoms with E-state index >= 15 is 0 Å². The van der Waals surface area contributed by atoms with Gasteiger partial charge in [-0.3, -0.25) is 0 Å². The molecule has 0 heterocycles. The van der Waals surface area contributed by atoms with Gasteiger partial charge in [-0.05, 0) is 30.0 Å². The molecule has 0 spiro atoms. The SMILES string of the molecule is COCC(O)CNC1CCc2c(Br)cccc21. The summed E-state index contributed by atoms with van der Waals surface area (Å²) in [7, 11) is 1.60. The summed E-state index contributed by atoms with van der Waals surface area (Å²) in [5.74, 6) is 0. The molecular formula is C13H18BrNO2. The summed E-state index contributed by atoms with van der Waals surface area (Å²) < 4.78 is 6.10. The first-order chi connectivity index (χ1) is 8.22. The summed E-state index contributed by atoms with van der Waals surface area (Å²) in [6.45, 7) is 0.954. The zero-order valence-electron chi connectivity index (χ0n) is 9.95. The smallest absolute Gasteiger partial charge is 0.0897 e. The lowest BCUT2D eigenvalue weighted by molar-refractivity contribution is 0.0627. The Morgan fingerprint density at radius 2 is 2.41 bits per heavy atom. The molecule has 17 heavy (non-hydrogen) atoms. The van der Waals surface area contributed by atoms with Crippen LogP contribution in [0, 0.1) is 0 Å². The van der Waals surface area contributed by atoms with Crippen LogP contribution < -0.4 is 5.32 Å². The second kappa shape index (κ2) is 5.96. The van der Waals surface area contributed by atoms with Gasteiger partial charge in [-0.25, -0.2) is 0 Å². The number of fused-ring (bicyclic) bond motifs is 1. The average molecular weight is 300 g/mol. The maximum absolute atomic E-state index is 9.62. The number of rotatable bonds is 5. The van der Waals surface area contributed by atoms with Gasteiger partial charge in [-0.1, -0.05) is 28.1 Å². The van der Waals surface area contributed by atoms with E-state index in [1.165, 1.54) is 15.6 Å². The number of benzene rings is 1. The largest absolute Gasteiger partial charge is 0.389 e. The Morgan fingerprint density at radius 3 is 3.18 bits per heavy atom. The molecular weight excluding hydrogens is 282 g/mol. The number of ether oxygens (including phenoxy) is 1. The van der Waals surface area contributed by atoms with E-state index in [4.69, 9.17) is 4.74 Å². The fourth-order valence-electron chi connectivity index (χ4n) is 2.35. The summed E-state index contributed by atoms with van der Waals surface area (Å²) in [4.78, 5) is 0. The fourth-order valence-corrected chi connectivity index (χ4v) is 2.93. The second-order valence-electron chi connectivity index (χ2n) is 4.42. The molecule has 2 atom stereocenters. The Bertz CT molecular complexity index is 384. The Morgan fingerprint density at radius 1 is 1.59 bits per heavy atom. The zero-order chi connectivity index (χ0) is 12.3. The van der Waals surface area contributed by atoms with Gasteiger partial charge in [0.1, 0.15) is 0 Å². The predicted molar refractivity (Wildman–Crippen MR) is 71.1 cm³/mol. The van der Waals surface area contributed by atoms with Crippen molar-refractivity contribution in [3.05, 3.63) is 33.8 Å². The third-order valence-corrected chi connectivity index (χ3v) is 3.92. The normalized spacial score (nSPS) is 20.3. The van der Waals surface area contributed by atoms with Crippen molar-refractivity contribution in [2.75, 3.05) is 20.3 Å². The van der Waals surface area contributed by atoms with Crippen LogP contribution in [-0.4, -0.2) is 31.5 Å². The van der Waals surface area contributed by atoms with Crippen molar-refractivity contribution < 1.29 is 9.84 Å². The summed E-state index contributed by atoms with van der Waals surface area (Å²) in [6.07, 6.45) is 1.75. The number of aliphatic hydroxyl groups excluding tert-OH is 1. The Hall–Kier alpha value is -0.420. The van der Waals surface area contributed by atoms with Gasteiger partial charge in [0.05, 0.1) is 12.7 Å². The quantitative estimate of drug-likeness (QED) is 0.874. The summed E-state index contributed by atoms with van der Waals surface area (Å²) in [5.41, 5.74) is 2.75. The number of methoxy groups -OCH3 is 1. The van der Waals surface area contributed by atoms with Crippen molar-refractivity contribution in [3.8, 4) is 0 Å². The van der Waals surface area contributed by atoms with E-state index < -0.39 is 6.10 Å². The fraction of sp³-hybridized carbons (Fsp3) is 0.538. The Balaban J connectivity index is 1.96. The molecule has 0 fully saturated rings. The van der Waals surface area contributed by atoms with Crippen LogP contribution in [0.2, 0.25) is 0 Å². The van der Waals surface area contributed by atoms with Gasteiger partial charge < -0.3 is 15.2 Å². The first-order valence-corrected chi connectivity index (χ1v) is 6.69. The number of halogens is 1. The molecule has 0 radical (unpaired) electrons. The lowest BCUT2D eigenvalue weighted by atomic mass is 10.1. The van der Waals surface area contributed by atoms with Crippen molar-refractivity contribution in [2.45, 2.75) is 25.0 Å². The molecule has 3 nitrogen and oxygen atoms in total. The van der Waals surface area contributed by atoms with E-state index in [1.807, 2.05) is 0 Å². The van der Waals surface area contributed by atoms with Gasteiger partial charge >= 0.3 is 0 Å². The second-order valence-corrected chi connectivity index (χ2v) is 5.27. The summed E-state index contributed by atoms with van der Waals surface area (Å²) in [6, 6.07) is 6.66. The van der Waals surface area contributed by atoms with E-state index in [-0.39, 0.29) is 0 Å². The van der Waals surface area contributed by atoms with Crippen LogP contribution >= 0.6 is 15.9 Å². The third kappa shape index (κ3) is 3.07. The number of nitrogens with one attached hydrogen (secondary N) is 1. The van der Waals surface area contributed by atoms with Crippen molar-refractivity contribution >= 4 is 15.9 Å². The molecule has 0 saturated heterocycles. The highest BCUT2D eigenvalue weighted by molar-refractivity contribution is 9.10. The van der Waals surface area contributed by atoms with Crippen molar-refractivity contribution in [1.29, 1.82) is 0 Å².